The minimum Gasteiger partial charge on any atom is -0.381 e. The Kier molecular flexibility index (Phi) is 3.52. The Morgan fingerprint density at radius 1 is 1.32 bits per heavy atom. The number of benzene rings is 1. The molecule has 0 aliphatic carbocycles. The van der Waals surface area contributed by atoms with E-state index in [4.69, 9.17) is 9.92 Å². The highest BCUT2D eigenvalue weighted by Crippen LogP contribution is 2.20. The van der Waals surface area contributed by atoms with Crippen molar-refractivity contribution in [2.75, 3.05) is 0 Å². The number of aromatic nitrogens is 1. The Balaban J connectivity index is 2.23. The first-order valence-corrected chi connectivity index (χ1v) is 6.76. The van der Waals surface area contributed by atoms with Gasteiger partial charge in [0.05, 0.1) is 5.56 Å². The maximum Gasteiger partial charge on any atom is 0.315 e. The van der Waals surface area contributed by atoms with Crippen LogP contribution in [0.2, 0.25) is 0 Å². The highest BCUT2D eigenvalue weighted by Gasteiger charge is 2.19. The molecule has 0 atom stereocenters. The molecule has 0 saturated carbocycles. The van der Waals surface area contributed by atoms with Crippen molar-refractivity contribution >= 4 is 16.0 Å². The number of amides is 1. The van der Waals surface area contributed by atoms with Gasteiger partial charge in [-0.25, -0.2) is 0 Å². The summed E-state index contributed by atoms with van der Waals surface area (Å²) >= 11 is 0. The molecule has 1 amide bonds. The molecule has 0 aliphatic heterocycles. The number of para-hydroxylation sites is 1. The molecule has 19 heavy (non-hydrogen) atoms. The van der Waals surface area contributed by atoms with Gasteiger partial charge in [0.2, 0.25) is 0 Å². The SMILES string of the molecule is NC(=O)c1ccccc1OS(=O)(=O)Cc1ccon1. The van der Waals surface area contributed by atoms with Crippen LogP contribution in [0.15, 0.2) is 41.1 Å². The highest BCUT2D eigenvalue weighted by molar-refractivity contribution is 7.86. The van der Waals surface area contributed by atoms with Crippen LogP contribution in [-0.4, -0.2) is 19.5 Å². The third-order valence-electron chi connectivity index (χ3n) is 2.19. The zero-order valence-electron chi connectivity index (χ0n) is 9.65. The largest absolute Gasteiger partial charge is 0.381 e. The molecule has 0 fully saturated rings. The van der Waals surface area contributed by atoms with Gasteiger partial charge in [-0.2, -0.15) is 8.42 Å². The van der Waals surface area contributed by atoms with Crippen LogP contribution in [0.1, 0.15) is 16.1 Å². The standard InChI is InChI=1S/C11H10N2O5S/c12-11(14)9-3-1-2-4-10(9)18-19(15,16)7-8-5-6-17-13-8/h1-6H,7H2,(H2,12,14). The van der Waals surface area contributed by atoms with Crippen molar-refractivity contribution in [2.45, 2.75) is 5.75 Å². The van der Waals surface area contributed by atoms with Crippen LogP contribution in [0.5, 0.6) is 5.75 Å². The number of hydrogen-bond acceptors (Lipinski definition) is 6. The molecule has 0 bridgehead atoms. The van der Waals surface area contributed by atoms with E-state index in [-0.39, 0.29) is 17.0 Å². The van der Waals surface area contributed by atoms with Crippen molar-refractivity contribution in [3.8, 4) is 5.75 Å². The average molecular weight is 282 g/mol. The van der Waals surface area contributed by atoms with Crippen molar-refractivity contribution in [1.82, 2.24) is 5.16 Å². The van der Waals surface area contributed by atoms with Crippen LogP contribution in [0.3, 0.4) is 0 Å². The predicted molar refractivity (Wildman–Crippen MR) is 64.7 cm³/mol. The monoisotopic (exact) mass is 282 g/mol. The van der Waals surface area contributed by atoms with Gasteiger partial charge in [0.1, 0.15) is 17.7 Å². The molecule has 2 N–H and O–H groups in total. The Labute approximate surface area is 109 Å². The highest BCUT2D eigenvalue weighted by atomic mass is 32.2. The Morgan fingerprint density at radius 2 is 2.05 bits per heavy atom. The fourth-order valence-electron chi connectivity index (χ4n) is 1.40. The second kappa shape index (κ2) is 5.11. The molecule has 100 valence electrons. The third kappa shape index (κ3) is 3.32. The Hall–Kier alpha value is -2.35. The molecule has 1 aromatic heterocycles. The minimum atomic E-state index is -3.94. The smallest absolute Gasteiger partial charge is 0.315 e. The molecule has 8 heteroatoms. The number of hydrogen-bond donors (Lipinski definition) is 1. The molecule has 0 spiro atoms. The lowest BCUT2D eigenvalue weighted by Gasteiger charge is -2.08. The lowest BCUT2D eigenvalue weighted by atomic mass is 10.2. The van der Waals surface area contributed by atoms with E-state index in [1.165, 1.54) is 30.5 Å². The van der Waals surface area contributed by atoms with Crippen LogP contribution in [0.25, 0.3) is 0 Å². The molecule has 0 saturated heterocycles. The van der Waals surface area contributed by atoms with Gasteiger partial charge in [-0.15, -0.1) is 0 Å². The number of carbonyl (C=O) groups is 1. The van der Waals surface area contributed by atoms with E-state index in [2.05, 4.69) is 9.68 Å². The lowest BCUT2D eigenvalue weighted by molar-refractivity contribution is 0.0999. The Morgan fingerprint density at radius 3 is 2.68 bits per heavy atom. The van der Waals surface area contributed by atoms with E-state index in [0.29, 0.717) is 0 Å². The van der Waals surface area contributed by atoms with Gasteiger partial charge in [-0.3, -0.25) is 4.79 Å². The first-order valence-electron chi connectivity index (χ1n) is 5.18. The number of rotatable bonds is 5. The first kappa shape index (κ1) is 13.1. The summed E-state index contributed by atoms with van der Waals surface area (Å²) in [6, 6.07) is 7.22. The lowest BCUT2D eigenvalue weighted by Crippen LogP contribution is -2.17. The molecule has 0 aliphatic rings. The second-order valence-electron chi connectivity index (χ2n) is 3.64. The van der Waals surface area contributed by atoms with Gasteiger partial charge in [-0.1, -0.05) is 17.3 Å². The van der Waals surface area contributed by atoms with E-state index >= 15 is 0 Å². The number of nitrogens with zero attached hydrogens (tertiary/aromatic N) is 1. The summed E-state index contributed by atoms with van der Waals surface area (Å²) in [7, 11) is -3.94. The number of carbonyl (C=O) groups excluding carboxylic acids is 1. The van der Waals surface area contributed by atoms with Crippen molar-refractivity contribution < 1.29 is 21.9 Å². The van der Waals surface area contributed by atoms with Crippen LogP contribution in [0, 0.1) is 0 Å². The van der Waals surface area contributed by atoms with E-state index in [1.54, 1.807) is 6.07 Å². The van der Waals surface area contributed by atoms with Crippen molar-refractivity contribution in [1.29, 1.82) is 0 Å². The first-order chi connectivity index (χ1) is 8.98. The van der Waals surface area contributed by atoms with Gasteiger partial charge in [0.15, 0.2) is 5.75 Å². The van der Waals surface area contributed by atoms with Crippen LogP contribution < -0.4 is 9.92 Å². The quantitative estimate of drug-likeness (QED) is 0.807. The molecule has 2 rings (SSSR count). The zero-order chi connectivity index (χ0) is 13.9. The number of nitrogens with two attached hydrogens (primary N) is 1. The van der Waals surface area contributed by atoms with Crippen LogP contribution >= 0.6 is 0 Å². The summed E-state index contributed by atoms with van der Waals surface area (Å²) < 4.78 is 33.0. The normalized spacial score (nSPS) is 11.2. The van der Waals surface area contributed by atoms with E-state index in [1.807, 2.05) is 0 Å². The summed E-state index contributed by atoms with van der Waals surface area (Å²) in [6.07, 6.45) is 1.25. The molecule has 7 nitrogen and oxygen atoms in total. The van der Waals surface area contributed by atoms with E-state index < -0.39 is 21.8 Å². The summed E-state index contributed by atoms with van der Waals surface area (Å²) in [5.74, 6) is -1.35. The molecule has 0 radical (unpaired) electrons. The summed E-state index contributed by atoms with van der Waals surface area (Å²) in [6.45, 7) is 0. The summed E-state index contributed by atoms with van der Waals surface area (Å²) in [5, 5.41) is 3.47. The minimum absolute atomic E-state index is 0.00812. The van der Waals surface area contributed by atoms with Crippen molar-refractivity contribution in [3.63, 3.8) is 0 Å². The van der Waals surface area contributed by atoms with Gasteiger partial charge in [-0.05, 0) is 12.1 Å². The van der Waals surface area contributed by atoms with Gasteiger partial charge >= 0.3 is 10.1 Å². The van der Waals surface area contributed by atoms with Gasteiger partial charge in [0, 0.05) is 6.07 Å². The Bertz CT molecular complexity index is 679. The molecular weight excluding hydrogens is 272 g/mol. The second-order valence-corrected chi connectivity index (χ2v) is 5.21. The fourth-order valence-corrected chi connectivity index (χ4v) is 2.39. The van der Waals surface area contributed by atoms with Crippen LogP contribution in [0.4, 0.5) is 0 Å². The molecule has 0 unspecified atom stereocenters. The van der Waals surface area contributed by atoms with Crippen molar-refractivity contribution in [2.24, 2.45) is 5.73 Å². The summed E-state index contributed by atoms with van der Waals surface area (Å²) in [5.41, 5.74) is 5.33. The number of primary amides is 1. The molecule has 2 aromatic rings. The zero-order valence-corrected chi connectivity index (χ0v) is 10.5. The fraction of sp³-hybridized carbons (Fsp3) is 0.0909. The maximum absolute atomic E-state index is 11.8. The van der Waals surface area contributed by atoms with Crippen molar-refractivity contribution in [3.05, 3.63) is 47.9 Å². The third-order valence-corrected chi connectivity index (χ3v) is 3.27. The van der Waals surface area contributed by atoms with E-state index in [0.717, 1.165) is 0 Å². The predicted octanol–water partition coefficient (Wildman–Crippen LogP) is 0.682. The maximum atomic E-state index is 11.8. The molecule has 1 aromatic carbocycles. The molecule has 1 heterocycles. The van der Waals surface area contributed by atoms with Gasteiger partial charge < -0.3 is 14.4 Å². The molecular formula is C11H10N2O5S. The average Bonchev–Trinajstić information content (AvgIpc) is 2.80. The van der Waals surface area contributed by atoms with E-state index in [9.17, 15) is 13.2 Å². The topological polar surface area (TPSA) is 112 Å². The summed E-state index contributed by atoms with van der Waals surface area (Å²) in [4.78, 5) is 11.1. The van der Waals surface area contributed by atoms with Gasteiger partial charge in [0.25, 0.3) is 5.91 Å². The van der Waals surface area contributed by atoms with Crippen LogP contribution in [-0.2, 0) is 15.9 Å².